The van der Waals surface area contributed by atoms with Crippen molar-refractivity contribution >= 4 is 29.1 Å². The smallest absolute Gasteiger partial charge is 0.325 e. The van der Waals surface area contributed by atoms with Crippen LogP contribution in [0.5, 0.6) is 0 Å². The molecule has 1 N–H and O–H groups in total. The number of nitriles is 1. The molecule has 0 saturated heterocycles. The van der Waals surface area contributed by atoms with Crippen LogP contribution in [0.3, 0.4) is 0 Å². The highest BCUT2D eigenvalue weighted by molar-refractivity contribution is 8.00. The molecule has 0 unspecified atom stereocenters. The normalized spacial score (nSPS) is 11.6. The van der Waals surface area contributed by atoms with Gasteiger partial charge in [-0.05, 0) is 18.2 Å². The van der Waals surface area contributed by atoms with Crippen molar-refractivity contribution in [3.05, 3.63) is 88.6 Å². The van der Waals surface area contributed by atoms with Gasteiger partial charge >= 0.3 is 6.18 Å². The van der Waals surface area contributed by atoms with Crippen LogP contribution >= 0.6 is 11.8 Å². The van der Waals surface area contributed by atoms with E-state index >= 15 is 0 Å². The highest BCUT2D eigenvalue weighted by Crippen LogP contribution is 2.38. The standard InChI is InChI=1S/C26H22F3N3O2S/c1-25(2,3)21-13-19(26(27,28)29)18(14-30)24(32-21)35-15-22(33)31-20-12-8-7-11-17(20)23(34)16-9-5-4-6-10-16/h4-13H,15H2,1-3H3,(H,31,33). The van der Waals surface area contributed by atoms with Gasteiger partial charge in [0, 0.05) is 22.2 Å². The molecule has 0 atom stereocenters. The van der Waals surface area contributed by atoms with E-state index in [9.17, 15) is 28.0 Å². The molecular formula is C26H22F3N3O2S. The van der Waals surface area contributed by atoms with Crippen LogP contribution in [-0.2, 0) is 16.4 Å². The number of hydrogen-bond acceptors (Lipinski definition) is 5. The molecule has 0 aliphatic heterocycles. The third-order valence-corrected chi connectivity index (χ3v) is 5.97. The van der Waals surface area contributed by atoms with Crippen molar-refractivity contribution in [1.29, 1.82) is 5.26 Å². The van der Waals surface area contributed by atoms with E-state index in [1.807, 2.05) is 0 Å². The molecule has 0 spiro atoms. The van der Waals surface area contributed by atoms with Crippen LogP contribution in [-0.4, -0.2) is 22.4 Å². The fraction of sp³-hybridized carbons (Fsp3) is 0.231. The van der Waals surface area contributed by atoms with Gasteiger partial charge in [-0.1, -0.05) is 75.0 Å². The number of carbonyl (C=O) groups excluding carboxylic acids is 2. The van der Waals surface area contributed by atoms with E-state index in [-0.39, 0.29) is 33.5 Å². The Morgan fingerprint density at radius 3 is 2.26 bits per heavy atom. The highest BCUT2D eigenvalue weighted by Gasteiger charge is 2.37. The topological polar surface area (TPSA) is 82.9 Å². The first-order chi connectivity index (χ1) is 16.4. The van der Waals surface area contributed by atoms with Crippen molar-refractivity contribution in [2.45, 2.75) is 37.4 Å². The summed E-state index contributed by atoms with van der Waals surface area (Å²) in [4.78, 5) is 29.8. The van der Waals surface area contributed by atoms with Crippen molar-refractivity contribution < 1.29 is 22.8 Å². The second-order valence-corrected chi connectivity index (χ2v) is 9.64. The summed E-state index contributed by atoms with van der Waals surface area (Å²) in [6, 6.07) is 17.5. The molecule has 3 rings (SSSR count). The number of thioether (sulfide) groups is 1. The summed E-state index contributed by atoms with van der Waals surface area (Å²) in [5.41, 5.74) is -1.25. The Labute approximate surface area is 205 Å². The number of hydrogen-bond donors (Lipinski definition) is 1. The zero-order valence-electron chi connectivity index (χ0n) is 19.2. The molecule has 5 nitrogen and oxygen atoms in total. The summed E-state index contributed by atoms with van der Waals surface area (Å²) in [6.45, 7) is 5.14. The Balaban J connectivity index is 1.85. The number of nitrogens with one attached hydrogen (secondary N) is 1. The van der Waals surface area contributed by atoms with Crippen molar-refractivity contribution in [3.63, 3.8) is 0 Å². The van der Waals surface area contributed by atoms with Gasteiger partial charge in [-0.15, -0.1) is 0 Å². The number of para-hydroxylation sites is 1. The van der Waals surface area contributed by atoms with E-state index < -0.39 is 28.6 Å². The minimum atomic E-state index is -4.75. The van der Waals surface area contributed by atoms with Gasteiger partial charge in [-0.2, -0.15) is 18.4 Å². The van der Waals surface area contributed by atoms with Crippen LogP contribution < -0.4 is 5.32 Å². The molecule has 1 heterocycles. The van der Waals surface area contributed by atoms with Crippen molar-refractivity contribution in [3.8, 4) is 6.07 Å². The largest absolute Gasteiger partial charge is 0.417 e. The van der Waals surface area contributed by atoms with Crippen LogP contribution in [0.4, 0.5) is 18.9 Å². The number of nitrogens with zero attached hydrogens (tertiary/aromatic N) is 2. The monoisotopic (exact) mass is 497 g/mol. The summed E-state index contributed by atoms with van der Waals surface area (Å²) in [6.07, 6.45) is -4.75. The van der Waals surface area contributed by atoms with E-state index in [1.165, 1.54) is 0 Å². The summed E-state index contributed by atoms with van der Waals surface area (Å²) < 4.78 is 40.9. The van der Waals surface area contributed by atoms with Gasteiger partial charge in [-0.25, -0.2) is 4.98 Å². The van der Waals surface area contributed by atoms with Crippen LogP contribution in [0.1, 0.15) is 53.5 Å². The number of amides is 1. The lowest BCUT2D eigenvalue weighted by molar-refractivity contribution is -0.138. The van der Waals surface area contributed by atoms with Gasteiger partial charge in [0.25, 0.3) is 0 Å². The van der Waals surface area contributed by atoms with Crippen molar-refractivity contribution in [2.24, 2.45) is 0 Å². The van der Waals surface area contributed by atoms with Gasteiger partial charge < -0.3 is 5.32 Å². The lowest BCUT2D eigenvalue weighted by Gasteiger charge is -2.21. The van der Waals surface area contributed by atoms with Crippen molar-refractivity contribution in [2.75, 3.05) is 11.1 Å². The minimum absolute atomic E-state index is 0.158. The van der Waals surface area contributed by atoms with Gasteiger partial charge in [0.2, 0.25) is 5.91 Å². The Bertz CT molecular complexity index is 1290. The Morgan fingerprint density at radius 2 is 1.66 bits per heavy atom. The fourth-order valence-corrected chi connectivity index (χ4v) is 4.00. The molecule has 2 aromatic carbocycles. The van der Waals surface area contributed by atoms with E-state index in [2.05, 4.69) is 10.3 Å². The maximum atomic E-state index is 13.6. The Kier molecular flexibility index (Phi) is 7.66. The third-order valence-electron chi connectivity index (χ3n) is 4.99. The number of carbonyl (C=O) groups is 2. The minimum Gasteiger partial charge on any atom is -0.325 e. The predicted molar refractivity (Wildman–Crippen MR) is 128 cm³/mol. The SMILES string of the molecule is CC(C)(C)c1cc(C(F)(F)F)c(C#N)c(SCC(=O)Nc2ccccc2C(=O)c2ccccc2)n1. The summed E-state index contributed by atoms with van der Waals surface area (Å²) in [5.74, 6) is -1.14. The molecule has 0 aliphatic carbocycles. The number of pyridine rings is 1. The lowest BCUT2D eigenvalue weighted by atomic mass is 9.90. The van der Waals surface area contributed by atoms with E-state index in [1.54, 1.807) is 81.4 Å². The number of alkyl halides is 3. The second kappa shape index (κ2) is 10.3. The maximum absolute atomic E-state index is 13.6. The molecule has 3 aromatic rings. The third kappa shape index (κ3) is 6.28. The number of anilines is 1. The first kappa shape index (κ1) is 26.0. The van der Waals surface area contributed by atoms with Gasteiger partial charge in [0.15, 0.2) is 5.78 Å². The molecule has 1 aromatic heterocycles. The van der Waals surface area contributed by atoms with E-state index in [0.717, 1.165) is 17.8 Å². The number of rotatable bonds is 6. The Hall–Kier alpha value is -3.64. The molecule has 0 saturated carbocycles. The number of halogens is 3. The molecule has 180 valence electrons. The zero-order chi connectivity index (χ0) is 25.8. The summed E-state index contributed by atoms with van der Waals surface area (Å²) >= 11 is 0.740. The Morgan fingerprint density at radius 1 is 1.03 bits per heavy atom. The molecule has 35 heavy (non-hydrogen) atoms. The lowest BCUT2D eigenvalue weighted by Crippen LogP contribution is -2.20. The molecule has 0 fully saturated rings. The average molecular weight is 498 g/mol. The highest BCUT2D eigenvalue weighted by atomic mass is 32.2. The van der Waals surface area contributed by atoms with E-state index in [0.29, 0.717) is 5.56 Å². The predicted octanol–water partition coefficient (Wildman–Crippen LogP) is 6.23. The molecule has 0 radical (unpaired) electrons. The summed E-state index contributed by atoms with van der Waals surface area (Å²) in [5, 5.41) is 11.9. The van der Waals surface area contributed by atoms with Gasteiger partial charge in [-0.3, -0.25) is 9.59 Å². The van der Waals surface area contributed by atoms with Crippen LogP contribution in [0.2, 0.25) is 0 Å². The van der Waals surface area contributed by atoms with Crippen molar-refractivity contribution in [1.82, 2.24) is 4.98 Å². The average Bonchev–Trinajstić information content (AvgIpc) is 2.81. The molecule has 0 aliphatic rings. The van der Waals surface area contributed by atoms with Gasteiger partial charge in [0.1, 0.15) is 11.1 Å². The van der Waals surface area contributed by atoms with Gasteiger partial charge in [0.05, 0.1) is 22.6 Å². The molecule has 9 heteroatoms. The number of aromatic nitrogens is 1. The van der Waals surface area contributed by atoms with E-state index in [4.69, 9.17) is 0 Å². The number of ketones is 1. The first-order valence-electron chi connectivity index (χ1n) is 10.6. The molecular weight excluding hydrogens is 475 g/mol. The first-order valence-corrected chi connectivity index (χ1v) is 11.5. The molecule has 0 bridgehead atoms. The van der Waals surface area contributed by atoms with Crippen LogP contribution in [0.25, 0.3) is 0 Å². The molecule has 1 amide bonds. The van der Waals surface area contributed by atoms with Crippen LogP contribution in [0.15, 0.2) is 65.7 Å². The maximum Gasteiger partial charge on any atom is 0.417 e. The zero-order valence-corrected chi connectivity index (χ0v) is 20.1. The number of benzene rings is 2. The summed E-state index contributed by atoms with van der Waals surface area (Å²) in [7, 11) is 0. The van der Waals surface area contributed by atoms with Crippen LogP contribution in [0, 0.1) is 11.3 Å². The fourth-order valence-electron chi connectivity index (χ4n) is 3.20. The second-order valence-electron chi connectivity index (χ2n) is 8.67. The quantitative estimate of drug-likeness (QED) is 0.322.